The molecule has 1 heterocycles. The Balaban J connectivity index is 1.54. The quantitative estimate of drug-likeness (QED) is 0.160. The predicted molar refractivity (Wildman–Crippen MR) is 133 cm³/mol. The second-order valence-electron chi connectivity index (χ2n) is 7.71. The number of aliphatic hydroxyl groups is 1. The molecule has 0 fully saturated rings. The lowest BCUT2D eigenvalue weighted by Crippen LogP contribution is -2.51. The Morgan fingerprint density at radius 2 is 1.47 bits per heavy atom. The van der Waals surface area contributed by atoms with Crippen LogP contribution in [0.1, 0.15) is 28.4 Å². The molecule has 0 saturated carbocycles. The number of amides is 3. The van der Waals surface area contributed by atoms with Gasteiger partial charge in [0.1, 0.15) is 6.04 Å². The first-order valence-electron chi connectivity index (χ1n) is 10.9. The van der Waals surface area contributed by atoms with E-state index in [1.54, 1.807) is 60.9 Å². The molecule has 0 saturated heterocycles. The molecule has 3 rings (SSSR count). The van der Waals surface area contributed by atoms with Gasteiger partial charge in [0.05, 0.1) is 12.6 Å². The largest absolute Gasteiger partial charge is 0.391 e. The maximum Gasteiger partial charge on any atom is 0.268 e. The van der Waals surface area contributed by atoms with Gasteiger partial charge in [0.2, 0.25) is 5.91 Å². The summed E-state index contributed by atoms with van der Waals surface area (Å²) >= 11 is 0. The lowest BCUT2D eigenvalue weighted by Gasteiger charge is -2.19. The van der Waals surface area contributed by atoms with E-state index in [1.165, 1.54) is 24.5 Å². The van der Waals surface area contributed by atoms with Gasteiger partial charge in [-0.1, -0.05) is 11.8 Å². The highest BCUT2D eigenvalue weighted by atomic mass is 16.5. The van der Waals surface area contributed by atoms with Crippen molar-refractivity contribution in [1.29, 1.82) is 0 Å². The summed E-state index contributed by atoms with van der Waals surface area (Å²) in [5.74, 6) is 4.31. The third-order valence-corrected chi connectivity index (χ3v) is 4.96. The molecule has 10 nitrogen and oxygen atoms in total. The van der Waals surface area contributed by atoms with E-state index in [-0.39, 0.29) is 18.0 Å². The second kappa shape index (κ2) is 12.7. The van der Waals surface area contributed by atoms with Crippen molar-refractivity contribution in [3.8, 4) is 11.8 Å². The smallest absolute Gasteiger partial charge is 0.268 e. The Morgan fingerprint density at radius 1 is 0.889 bits per heavy atom. The van der Waals surface area contributed by atoms with Crippen molar-refractivity contribution in [2.45, 2.75) is 19.1 Å². The molecule has 3 amide bonds. The van der Waals surface area contributed by atoms with Crippen LogP contribution >= 0.6 is 0 Å². The summed E-state index contributed by atoms with van der Waals surface area (Å²) in [6.07, 6.45) is 2.08. The highest BCUT2D eigenvalue weighted by molar-refractivity contribution is 5.97. The summed E-state index contributed by atoms with van der Waals surface area (Å²) in [6, 6.07) is 15.7. The highest BCUT2D eigenvalue weighted by Crippen LogP contribution is 2.10. The fraction of sp³-hybridized carbons (Fsp3) is 0.154. The molecular formula is C26H25N5O5. The molecule has 0 aliphatic rings. The maximum absolute atomic E-state index is 12.3. The summed E-state index contributed by atoms with van der Waals surface area (Å²) in [6.45, 7) is 1.44. The first-order valence-corrected chi connectivity index (χ1v) is 10.9. The monoisotopic (exact) mass is 487 g/mol. The lowest BCUT2D eigenvalue weighted by atomic mass is 10.1. The number of nitrogens with zero attached hydrogens (tertiary/aromatic N) is 1. The number of hydrogen-bond donors (Lipinski definition) is 6. The van der Waals surface area contributed by atoms with Crippen LogP contribution in [0.2, 0.25) is 0 Å². The molecule has 1 aromatic heterocycles. The van der Waals surface area contributed by atoms with Crippen molar-refractivity contribution < 1.29 is 24.7 Å². The van der Waals surface area contributed by atoms with Gasteiger partial charge in [0.15, 0.2) is 0 Å². The molecule has 3 aromatic rings. The number of aliphatic hydroxyl groups excluding tert-OH is 1. The molecule has 0 aliphatic carbocycles. The van der Waals surface area contributed by atoms with Crippen molar-refractivity contribution in [1.82, 2.24) is 15.8 Å². The molecule has 184 valence electrons. The van der Waals surface area contributed by atoms with Crippen molar-refractivity contribution >= 4 is 29.1 Å². The number of anilines is 2. The van der Waals surface area contributed by atoms with Gasteiger partial charge in [0.25, 0.3) is 11.8 Å². The zero-order chi connectivity index (χ0) is 25.9. The number of aromatic nitrogens is 1. The zero-order valence-electron chi connectivity index (χ0n) is 19.4. The van der Waals surface area contributed by atoms with E-state index in [2.05, 4.69) is 32.8 Å². The van der Waals surface area contributed by atoms with Gasteiger partial charge in [-0.05, 0) is 67.6 Å². The molecule has 0 spiro atoms. The van der Waals surface area contributed by atoms with Crippen LogP contribution in [-0.4, -0.2) is 51.7 Å². The normalized spacial score (nSPS) is 11.8. The molecule has 2 atom stereocenters. The van der Waals surface area contributed by atoms with Crippen LogP contribution in [0.15, 0.2) is 73.1 Å². The minimum atomic E-state index is -1.30. The van der Waals surface area contributed by atoms with Crippen LogP contribution in [0.3, 0.4) is 0 Å². The Morgan fingerprint density at radius 3 is 2.03 bits per heavy atom. The molecule has 0 aliphatic heterocycles. The Hall–Kier alpha value is -4.72. The summed E-state index contributed by atoms with van der Waals surface area (Å²) < 4.78 is 0. The first kappa shape index (κ1) is 25.9. The van der Waals surface area contributed by atoms with Gasteiger partial charge in [-0.15, -0.1) is 0 Å². The van der Waals surface area contributed by atoms with Crippen LogP contribution in [0, 0.1) is 11.8 Å². The van der Waals surface area contributed by atoms with Gasteiger partial charge in [0, 0.05) is 40.5 Å². The number of carbonyl (C=O) groups is 3. The molecule has 2 aromatic carbocycles. The van der Waals surface area contributed by atoms with E-state index in [9.17, 15) is 19.5 Å². The Kier molecular flexibility index (Phi) is 9.11. The molecule has 0 radical (unpaired) electrons. The molecule has 10 heteroatoms. The van der Waals surface area contributed by atoms with Crippen molar-refractivity contribution in [3.05, 3.63) is 89.7 Å². The van der Waals surface area contributed by atoms with Gasteiger partial charge >= 0.3 is 0 Å². The number of benzene rings is 2. The third-order valence-electron chi connectivity index (χ3n) is 4.96. The van der Waals surface area contributed by atoms with E-state index < -0.39 is 24.0 Å². The molecular weight excluding hydrogens is 462 g/mol. The summed E-state index contributed by atoms with van der Waals surface area (Å²) in [7, 11) is 0. The molecule has 36 heavy (non-hydrogen) atoms. The standard InChI is InChI=1S/C26H25N5O5/c1-17(32)24(26(35)31-36)30-25(34)20-8-4-18(5-9-20)2-3-19-6-10-22(11-7-19)29-23(33)16-28-21-12-14-27-15-13-21/h4-15,17,24,32,36H,16H2,1H3,(H,27,28)(H,29,33)(H,30,34)(H,31,35). The van der Waals surface area contributed by atoms with E-state index >= 15 is 0 Å². The second-order valence-corrected chi connectivity index (χ2v) is 7.71. The van der Waals surface area contributed by atoms with Crippen molar-refractivity contribution in [2.75, 3.05) is 17.2 Å². The van der Waals surface area contributed by atoms with E-state index in [0.29, 0.717) is 11.3 Å². The number of hydroxylamine groups is 1. The van der Waals surface area contributed by atoms with Gasteiger partial charge in [-0.25, -0.2) is 5.48 Å². The van der Waals surface area contributed by atoms with Crippen LogP contribution in [0.5, 0.6) is 0 Å². The Labute approximate surface area is 207 Å². The third kappa shape index (κ3) is 7.66. The molecule has 2 unspecified atom stereocenters. The van der Waals surface area contributed by atoms with Crippen molar-refractivity contribution in [3.63, 3.8) is 0 Å². The lowest BCUT2D eigenvalue weighted by molar-refractivity contribution is -0.133. The fourth-order valence-corrected chi connectivity index (χ4v) is 3.04. The number of pyridine rings is 1. The molecule has 6 N–H and O–H groups in total. The van der Waals surface area contributed by atoms with E-state index in [4.69, 9.17) is 5.21 Å². The zero-order valence-corrected chi connectivity index (χ0v) is 19.4. The average Bonchev–Trinajstić information content (AvgIpc) is 2.90. The SMILES string of the molecule is CC(O)C(NC(=O)c1ccc(C#Cc2ccc(NC(=O)CNc3ccncc3)cc2)cc1)C(=O)NO. The predicted octanol–water partition coefficient (Wildman–Crippen LogP) is 1.52. The average molecular weight is 488 g/mol. The van der Waals surface area contributed by atoms with Gasteiger partial charge in [-0.2, -0.15) is 0 Å². The first-order chi connectivity index (χ1) is 17.4. The van der Waals surface area contributed by atoms with E-state index in [1.807, 2.05) is 0 Å². The van der Waals surface area contributed by atoms with Crippen molar-refractivity contribution in [2.24, 2.45) is 0 Å². The number of rotatable bonds is 8. The maximum atomic E-state index is 12.3. The minimum absolute atomic E-state index is 0.119. The number of carbonyl (C=O) groups excluding carboxylic acids is 3. The molecule has 0 bridgehead atoms. The van der Waals surface area contributed by atoms with E-state index in [0.717, 1.165) is 11.3 Å². The number of hydrogen-bond acceptors (Lipinski definition) is 7. The highest BCUT2D eigenvalue weighted by Gasteiger charge is 2.25. The Bertz CT molecular complexity index is 1250. The summed E-state index contributed by atoms with van der Waals surface area (Å²) in [4.78, 5) is 39.9. The topological polar surface area (TPSA) is 153 Å². The minimum Gasteiger partial charge on any atom is -0.391 e. The number of nitrogens with one attached hydrogen (secondary N) is 4. The van der Waals surface area contributed by atoms with Crippen LogP contribution in [0.25, 0.3) is 0 Å². The van der Waals surface area contributed by atoms with Crippen LogP contribution in [0.4, 0.5) is 11.4 Å². The van der Waals surface area contributed by atoms with Gasteiger partial charge < -0.3 is 21.1 Å². The fourth-order valence-electron chi connectivity index (χ4n) is 3.04. The summed E-state index contributed by atoms with van der Waals surface area (Å²) in [5.41, 5.74) is 4.51. The van der Waals surface area contributed by atoms with Crippen LogP contribution < -0.4 is 21.4 Å². The summed E-state index contributed by atoms with van der Waals surface area (Å²) in [5, 5.41) is 26.5. The van der Waals surface area contributed by atoms with Crippen LogP contribution in [-0.2, 0) is 9.59 Å². The van der Waals surface area contributed by atoms with Gasteiger partial charge in [-0.3, -0.25) is 24.6 Å².